The van der Waals surface area contributed by atoms with Crippen molar-refractivity contribution in [2.45, 2.75) is 45.3 Å². The second-order valence-electron chi connectivity index (χ2n) is 5.31. The van der Waals surface area contributed by atoms with Crippen LogP contribution in [-0.2, 0) is 11.2 Å². The monoisotopic (exact) mass is 234 g/mol. The van der Waals surface area contributed by atoms with E-state index in [0.717, 1.165) is 18.4 Å². The number of pyridine rings is 1. The van der Waals surface area contributed by atoms with Crippen molar-refractivity contribution < 1.29 is 9.53 Å². The fraction of sp³-hybridized carbons (Fsp3) is 0.538. The largest absolute Gasteiger partial charge is 0.444 e. The minimum absolute atomic E-state index is 0.0582. The first kappa shape index (κ1) is 11.9. The van der Waals surface area contributed by atoms with Crippen molar-refractivity contribution in [2.75, 3.05) is 0 Å². The maximum atomic E-state index is 11.7. The molecular formula is C13H18N2O2. The summed E-state index contributed by atoms with van der Waals surface area (Å²) in [6.45, 7) is 5.58. The molecule has 0 spiro atoms. The van der Waals surface area contributed by atoms with Gasteiger partial charge in [-0.25, -0.2) is 4.79 Å². The summed E-state index contributed by atoms with van der Waals surface area (Å²) in [5, 5.41) is 2.90. The minimum atomic E-state index is -0.455. The number of ether oxygens (including phenoxy) is 1. The highest BCUT2D eigenvalue weighted by molar-refractivity contribution is 5.68. The lowest BCUT2D eigenvalue weighted by atomic mass is 10.1. The normalized spacial score (nSPS) is 18.6. The Morgan fingerprint density at radius 1 is 1.53 bits per heavy atom. The van der Waals surface area contributed by atoms with Gasteiger partial charge in [0, 0.05) is 12.4 Å². The molecule has 92 valence electrons. The zero-order valence-electron chi connectivity index (χ0n) is 10.5. The summed E-state index contributed by atoms with van der Waals surface area (Å²) in [6, 6.07) is 2.02. The zero-order valence-corrected chi connectivity index (χ0v) is 10.5. The van der Waals surface area contributed by atoms with Crippen molar-refractivity contribution in [1.82, 2.24) is 10.3 Å². The molecule has 0 fully saturated rings. The lowest BCUT2D eigenvalue weighted by Crippen LogP contribution is -2.34. The SMILES string of the molecule is CC(C)(C)OC(=O)NC1CCc2cnccc21. The quantitative estimate of drug-likeness (QED) is 0.812. The van der Waals surface area contributed by atoms with Gasteiger partial charge in [0.2, 0.25) is 0 Å². The maximum absolute atomic E-state index is 11.7. The van der Waals surface area contributed by atoms with Gasteiger partial charge in [-0.15, -0.1) is 0 Å². The van der Waals surface area contributed by atoms with Gasteiger partial charge in [-0.2, -0.15) is 0 Å². The number of aryl methyl sites for hydroxylation is 1. The number of fused-ring (bicyclic) bond motifs is 1. The van der Waals surface area contributed by atoms with Crippen LogP contribution in [0.15, 0.2) is 18.5 Å². The van der Waals surface area contributed by atoms with E-state index in [-0.39, 0.29) is 12.1 Å². The average Bonchev–Trinajstić information content (AvgIpc) is 2.59. The maximum Gasteiger partial charge on any atom is 0.408 e. The molecule has 1 aromatic heterocycles. The predicted octanol–water partition coefficient (Wildman–Crippen LogP) is 2.59. The van der Waals surface area contributed by atoms with E-state index in [1.54, 1.807) is 6.20 Å². The molecule has 1 amide bonds. The number of nitrogens with one attached hydrogen (secondary N) is 1. The molecule has 1 aliphatic rings. The van der Waals surface area contributed by atoms with Crippen LogP contribution in [0.25, 0.3) is 0 Å². The highest BCUT2D eigenvalue weighted by Crippen LogP contribution is 2.30. The lowest BCUT2D eigenvalue weighted by Gasteiger charge is -2.22. The Morgan fingerprint density at radius 3 is 3.00 bits per heavy atom. The van der Waals surface area contributed by atoms with Crippen molar-refractivity contribution in [3.63, 3.8) is 0 Å². The van der Waals surface area contributed by atoms with Crippen molar-refractivity contribution in [3.05, 3.63) is 29.6 Å². The molecule has 1 aliphatic carbocycles. The first-order valence-electron chi connectivity index (χ1n) is 5.88. The molecule has 1 heterocycles. The molecule has 0 radical (unpaired) electrons. The van der Waals surface area contributed by atoms with Crippen molar-refractivity contribution in [1.29, 1.82) is 0 Å². The van der Waals surface area contributed by atoms with Gasteiger partial charge in [0.15, 0.2) is 0 Å². The standard InChI is InChI=1S/C13H18N2O2/c1-13(2,3)17-12(16)15-11-5-4-9-8-14-7-6-10(9)11/h6-8,11H,4-5H2,1-3H3,(H,15,16). The fourth-order valence-corrected chi connectivity index (χ4v) is 2.04. The summed E-state index contributed by atoms with van der Waals surface area (Å²) in [4.78, 5) is 15.8. The van der Waals surface area contributed by atoms with E-state index in [4.69, 9.17) is 4.74 Å². The average molecular weight is 234 g/mol. The predicted molar refractivity (Wildman–Crippen MR) is 64.7 cm³/mol. The molecule has 1 unspecified atom stereocenters. The molecule has 0 bridgehead atoms. The molecule has 4 nitrogen and oxygen atoms in total. The Kier molecular flexibility index (Phi) is 3.05. The molecule has 0 aromatic carbocycles. The van der Waals surface area contributed by atoms with E-state index in [9.17, 15) is 4.79 Å². The highest BCUT2D eigenvalue weighted by atomic mass is 16.6. The van der Waals surface area contributed by atoms with Gasteiger partial charge in [-0.05, 0) is 50.8 Å². The Labute approximate surface area is 101 Å². The second-order valence-corrected chi connectivity index (χ2v) is 5.31. The number of hydrogen-bond donors (Lipinski definition) is 1. The van der Waals surface area contributed by atoms with Gasteiger partial charge in [0.1, 0.15) is 5.60 Å². The molecule has 4 heteroatoms. The number of carbonyl (C=O) groups is 1. The third-order valence-electron chi connectivity index (χ3n) is 2.71. The number of hydrogen-bond acceptors (Lipinski definition) is 3. The van der Waals surface area contributed by atoms with Crippen LogP contribution >= 0.6 is 0 Å². The van der Waals surface area contributed by atoms with Crippen molar-refractivity contribution in [2.24, 2.45) is 0 Å². The van der Waals surface area contributed by atoms with E-state index in [2.05, 4.69) is 10.3 Å². The number of rotatable bonds is 1. The van der Waals surface area contributed by atoms with Gasteiger partial charge in [0.25, 0.3) is 0 Å². The van der Waals surface area contributed by atoms with E-state index in [1.165, 1.54) is 5.56 Å². The van der Waals surface area contributed by atoms with Gasteiger partial charge < -0.3 is 10.1 Å². The van der Waals surface area contributed by atoms with E-state index >= 15 is 0 Å². The molecule has 0 saturated carbocycles. The Morgan fingerprint density at radius 2 is 2.29 bits per heavy atom. The third-order valence-corrected chi connectivity index (χ3v) is 2.71. The molecular weight excluding hydrogens is 216 g/mol. The van der Waals surface area contributed by atoms with Gasteiger partial charge in [0.05, 0.1) is 6.04 Å². The fourth-order valence-electron chi connectivity index (χ4n) is 2.04. The van der Waals surface area contributed by atoms with Crippen molar-refractivity contribution >= 4 is 6.09 Å². The summed E-state index contributed by atoms with van der Waals surface area (Å²) < 4.78 is 5.25. The van der Waals surface area contributed by atoms with Crippen LogP contribution in [0.3, 0.4) is 0 Å². The van der Waals surface area contributed by atoms with Crippen LogP contribution in [0.1, 0.15) is 44.4 Å². The molecule has 0 aliphatic heterocycles. The summed E-state index contributed by atoms with van der Waals surface area (Å²) in [7, 11) is 0. The van der Waals surface area contributed by atoms with Crippen LogP contribution < -0.4 is 5.32 Å². The van der Waals surface area contributed by atoms with Crippen LogP contribution in [0.4, 0.5) is 4.79 Å². The first-order chi connectivity index (χ1) is 7.96. The van der Waals surface area contributed by atoms with E-state index < -0.39 is 5.60 Å². The van der Waals surface area contributed by atoms with Gasteiger partial charge in [-0.3, -0.25) is 4.98 Å². The second kappa shape index (κ2) is 4.35. The topological polar surface area (TPSA) is 51.2 Å². The number of nitrogens with zero attached hydrogens (tertiary/aromatic N) is 1. The molecule has 1 atom stereocenters. The van der Waals surface area contributed by atoms with Crippen LogP contribution in [-0.4, -0.2) is 16.7 Å². The third kappa shape index (κ3) is 2.96. The van der Waals surface area contributed by atoms with Crippen LogP contribution in [0.2, 0.25) is 0 Å². The summed E-state index contributed by atoms with van der Waals surface area (Å²) in [6.07, 6.45) is 5.15. The number of alkyl carbamates (subject to hydrolysis) is 1. The number of carbonyl (C=O) groups excluding carboxylic acids is 1. The first-order valence-corrected chi connectivity index (χ1v) is 5.88. The number of aromatic nitrogens is 1. The smallest absolute Gasteiger partial charge is 0.408 e. The summed E-state index contributed by atoms with van der Waals surface area (Å²) in [5.74, 6) is 0. The van der Waals surface area contributed by atoms with Crippen LogP contribution in [0.5, 0.6) is 0 Å². The van der Waals surface area contributed by atoms with E-state index in [1.807, 2.05) is 33.0 Å². The molecule has 17 heavy (non-hydrogen) atoms. The Balaban J connectivity index is 2.00. The molecule has 1 aromatic rings. The van der Waals surface area contributed by atoms with Crippen molar-refractivity contribution in [3.8, 4) is 0 Å². The molecule has 0 saturated heterocycles. The molecule has 1 N–H and O–H groups in total. The van der Waals surface area contributed by atoms with E-state index in [0.29, 0.717) is 0 Å². The number of amides is 1. The molecule has 2 rings (SSSR count). The zero-order chi connectivity index (χ0) is 12.5. The van der Waals surface area contributed by atoms with Crippen LogP contribution in [0, 0.1) is 0 Å². The lowest BCUT2D eigenvalue weighted by molar-refractivity contribution is 0.0503. The minimum Gasteiger partial charge on any atom is -0.444 e. The Hall–Kier alpha value is -1.58. The van der Waals surface area contributed by atoms with Gasteiger partial charge >= 0.3 is 6.09 Å². The summed E-state index contributed by atoms with van der Waals surface area (Å²) in [5.41, 5.74) is 1.92. The van der Waals surface area contributed by atoms with Gasteiger partial charge in [-0.1, -0.05) is 0 Å². The Bertz CT molecular complexity index is 424. The highest BCUT2D eigenvalue weighted by Gasteiger charge is 2.25. The summed E-state index contributed by atoms with van der Waals surface area (Å²) >= 11 is 0.